The molecule has 2 atom stereocenters. The van der Waals surface area contributed by atoms with E-state index in [0.29, 0.717) is 29.7 Å². The van der Waals surface area contributed by atoms with E-state index < -0.39 is 13.9 Å². The molecule has 1 aromatic heterocycles. The summed E-state index contributed by atoms with van der Waals surface area (Å²) in [7, 11) is 0.999. The highest BCUT2D eigenvalue weighted by molar-refractivity contribution is 6.77. The van der Waals surface area contributed by atoms with Crippen molar-refractivity contribution in [3.63, 3.8) is 0 Å². The largest absolute Gasteiger partial charge is 0.490 e. The molecule has 9 heteroatoms. The lowest BCUT2D eigenvalue weighted by Gasteiger charge is -2.56. The summed E-state index contributed by atoms with van der Waals surface area (Å²) in [6.45, 7) is 16.5. The second kappa shape index (κ2) is 13.9. The SMILES string of the molecule is COCO[C@]1(Cc2cc(OC3CCC(C)CC3)ccn2)C(=O)N(COC)[C@H]1CO[Si](C(C)C)(C(C)C)C(C)C. The highest BCUT2D eigenvalue weighted by Gasteiger charge is 2.63. The summed E-state index contributed by atoms with van der Waals surface area (Å²) < 4.78 is 30.3. The maximum absolute atomic E-state index is 13.7. The third-order valence-electron chi connectivity index (χ3n) is 8.94. The Balaban J connectivity index is 1.87. The third kappa shape index (κ3) is 6.86. The van der Waals surface area contributed by atoms with E-state index in [4.69, 9.17) is 23.4 Å². The molecule has 39 heavy (non-hydrogen) atoms. The lowest BCUT2D eigenvalue weighted by molar-refractivity contribution is -0.237. The van der Waals surface area contributed by atoms with E-state index in [2.05, 4.69) is 53.5 Å². The molecule has 3 rings (SSSR count). The average molecular weight is 565 g/mol. The van der Waals surface area contributed by atoms with E-state index >= 15 is 0 Å². The average Bonchev–Trinajstić information content (AvgIpc) is 2.89. The predicted octanol–water partition coefficient (Wildman–Crippen LogP) is 5.95. The molecule has 1 amide bonds. The lowest BCUT2D eigenvalue weighted by Crippen LogP contribution is -2.78. The first-order valence-corrected chi connectivity index (χ1v) is 16.8. The van der Waals surface area contributed by atoms with Crippen LogP contribution in [-0.2, 0) is 29.9 Å². The first-order chi connectivity index (χ1) is 18.5. The summed E-state index contributed by atoms with van der Waals surface area (Å²) in [6, 6.07) is 3.53. The van der Waals surface area contributed by atoms with Crippen LogP contribution in [0.2, 0.25) is 16.6 Å². The molecule has 0 radical (unpaired) electrons. The Morgan fingerprint density at radius 2 is 1.67 bits per heavy atom. The van der Waals surface area contributed by atoms with Crippen LogP contribution in [0.15, 0.2) is 18.3 Å². The minimum atomic E-state index is -2.17. The van der Waals surface area contributed by atoms with E-state index in [-0.39, 0.29) is 31.6 Å². The summed E-state index contributed by atoms with van der Waals surface area (Å²) in [5.74, 6) is 1.43. The normalized spacial score (nSPS) is 26.0. The van der Waals surface area contributed by atoms with Crippen molar-refractivity contribution in [1.82, 2.24) is 9.88 Å². The van der Waals surface area contributed by atoms with Crippen LogP contribution in [0.5, 0.6) is 5.75 Å². The van der Waals surface area contributed by atoms with Gasteiger partial charge in [0.05, 0.1) is 18.8 Å². The Morgan fingerprint density at radius 3 is 2.23 bits per heavy atom. The number of pyridine rings is 1. The van der Waals surface area contributed by atoms with E-state index in [1.807, 2.05) is 12.1 Å². The number of rotatable bonds is 15. The molecule has 1 aromatic rings. The molecule has 2 aliphatic rings. The van der Waals surface area contributed by atoms with Gasteiger partial charge < -0.3 is 28.3 Å². The summed E-state index contributed by atoms with van der Waals surface area (Å²) in [5, 5.41) is 0. The van der Waals surface area contributed by atoms with Crippen LogP contribution in [0, 0.1) is 5.92 Å². The molecule has 1 saturated heterocycles. The second-order valence-electron chi connectivity index (χ2n) is 12.4. The Labute approximate surface area is 237 Å². The number of hydrogen-bond donors (Lipinski definition) is 0. The minimum Gasteiger partial charge on any atom is -0.490 e. The number of amides is 1. The number of likely N-dealkylation sites (tertiary alicyclic amines) is 1. The fourth-order valence-electron chi connectivity index (χ4n) is 6.95. The zero-order valence-corrected chi connectivity index (χ0v) is 26.7. The van der Waals surface area contributed by atoms with Gasteiger partial charge in [-0.2, -0.15) is 0 Å². The van der Waals surface area contributed by atoms with Crippen molar-refractivity contribution in [3.8, 4) is 5.75 Å². The van der Waals surface area contributed by atoms with E-state index in [1.165, 1.54) is 12.8 Å². The van der Waals surface area contributed by atoms with Gasteiger partial charge in [-0.1, -0.05) is 48.5 Å². The van der Waals surface area contributed by atoms with Gasteiger partial charge in [0.1, 0.15) is 19.3 Å². The zero-order valence-electron chi connectivity index (χ0n) is 25.7. The lowest BCUT2D eigenvalue weighted by atomic mass is 9.79. The van der Waals surface area contributed by atoms with Crippen LogP contribution in [0.1, 0.15) is 79.8 Å². The second-order valence-corrected chi connectivity index (χ2v) is 17.9. The molecule has 1 saturated carbocycles. The summed E-state index contributed by atoms with van der Waals surface area (Å²) >= 11 is 0. The molecule has 0 N–H and O–H groups in total. The monoisotopic (exact) mass is 564 g/mol. The van der Waals surface area contributed by atoms with Crippen molar-refractivity contribution in [2.75, 3.05) is 34.4 Å². The molecule has 222 valence electrons. The minimum absolute atomic E-state index is 0.000619. The highest BCUT2D eigenvalue weighted by atomic mass is 28.4. The van der Waals surface area contributed by atoms with Gasteiger partial charge in [-0.15, -0.1) is 0 Å². The number of carbonyl (C=O) groups excluding carboxylic acids is 1. The van der Waals surface area contributed by atoms with Crippen LogP contribution >= 0.6 is 0 Å². The van der Waals surface area contributed by atoms with Crippen LogP contribution < -0.4 is 4.74 Å². The number of ether oxygens (including phenoxy) is 4. The Kier molecular flexibility index (Phi) is 11.4. The summed E-state index contributed by atoms with van der Waals surface area (Å²) in [5.41, 5.74) is 0.888. The number of methoxy groups -OCH3 is 2. The van der Waals surface area contributed by atoms with E-state index in [1.54, 1.807) is 25.3 Å². The van der Waals surface area contributed by atoms with Crippen molar-refractivity contribution in [2.24, 2.45) is 5.92 Å². The van der Waals surface area contributed by atoms with Crippen LogP contribution in [0.3, 0.4) is 0 Å². The molecule has 0 aromatic carbocycles. The molecule has 0 spiro atoms. The molecule has 2 heterocycles. The van der Waals surface area contributed by atoms with Gasteiger partial charge in [-0.3, -0.25) is 9.78 Å². The Hall–Kier alpha value is -1.52. The fourth-order valence-corrected chi connectivity index (χ4v) is 12.4. The van der Waals surface area contributed by atoms with Gasteiger partial charge in [0.25, 0.3) is 5.91 Å². The number of β-lactam (4-membered cyclic amide) rings is 1. The van der Waals surface area contributed by atoms with Crippen molar-refractivity contribution >= 4 is 14.2 Å². The number of aromatic nitrogens is 1. The molecule has 1 aliphatic heterocycles. The Morgan fingerprint density at radius 1 is 1.03 bits per heavy atom. The fraction of sp³-hybridized carbons (Fsp3) is 0.800. The van der Waals surface area contributed by atoms with Crippen molar-refractivity contribution in [1.29, 1.82) is 0 Å². The molecule has 0 bridgehead atoms. The molecular formula is C30H52N2O6Si. The van der Waals surface area contributed by atoms with Gasteiger partial charge in [-0.05, 0) is 54.3 Å². The van der Waals surface area contributed by atoms with Crippen molar-refractivity contribution < 1.29 is 28.2 Å². The summed E-state index contributed by atoms with van der Waals surface area (Å²) in [6.07, 6.45) is 6.80. The zero-order chi connectivity index (χ0) is 28.8. The number of nitrogens with zero attached hydrogens (tertiary/aromatic N) is 2. The van der Waals surface area contributed by atoms with Crippen LogP contribution in [0.25, 0.3) is 0 Å². The van der Waals surface area contributed by atoms with Gasteiger partial charge >= 0.3 is 0 Å². The van der Waals surface area contributed by atoms with Crippen molar-refractivity contribution in [2.45, 2.75) is 115 Å². The molecular weight excluding hydrogens is 512 g/mol. The van der Waals surface area contributed by atoms with Crippen molar-refractivity contribution in [3.05, 3.63) is 24.0 Å². The standard InChI is InChI=1S/C30H52N2O6Si/c1-21(2)39(22(3)4,23(5)6)37-18-28-30(36-20-35-9,29(33)32(28)19-34-8)17-25-16-27(14-15-31-25)38-26-12-10-24(7)11-13-26/h14-16,21-24,26,28H,10-13,17-20H2,1-9H3/t24?,26?,28-,30-/m0/s1. The van der Waals surface area contributed by atoms with E-state index in [9.17, 15) is 4.79 Å². The van der Waals surface area contributed by atoms with Crippen LogP contribution in [0.4, 0.5) is 0 Å². The third-order valence-corrected chi connectivity index (χ3v) is 15.0. The topological polar surface area (TPSA) is 79.4 Å². The Bertz CT molecular complexity index is 899. The maximum atomic E-state index is 13.7. The molecule has 0 unspecified atom stereocenters. The van der Waals surface area contributed by atoms with Gasteiger partial charge in [0.2, 0.25) is 0 Å². The van der Waals surface area contributed by atoms with Crippen LogP contribution in [-0.4, -0.2) is 76.2 Å². The maximum Gasteiger partial charge on any atom is 0.259 e. The quantitative estimate of drug-likeness (QED) is 0.148. The number of carbonyl (C=O) groups is 1. The molecule has 1 aliphatic carbocycles. The number of hydrogen-bond acceptors (Lipinski definition) is 7. The first kappa shape index (κ1) is 32.0. The first-order valence-electron chi connectivity index (χ1n) is 14.7. The summed E-state index contributed by atoms with van der Waals surface area (Å²) in [4.78, 5) is 20.1. The van der Waals surface area contributed by atoms with Gasteiger partial charge in [-0.25, -0.2) is 0 Å². The molecule has 2 fully saturated rings. The highest BCUT2D eigenvalue weighted by Crippen LogP contribution is 2.45. The smallest absolute Gasteiger partial charge is 0.259 e. The van der Waals surface area contributed by atoms with Gasteiger partial charge in [0, 0.05) is 38.6 Å². The van der Waals surface area contributed by atoms with E-state index in [0.717, 1.165) is 30.2 Å². The predicted molar refractivity (Wildman–Crippen MR) is 155 cm³/mol. The molecule has 8 nitrogen and oxygen atoms in total. The van der Waals surface area contributed by atoms with Gasteiger partial charge in [0.15, 0.2) is 13.9 Å².